The van der Waals surface area contributed by atoms with Gasteiger partial charge >= 0.3 is 0 Å². The van der Waals surface area contributed by atoms with Gasteiger partial charge in [-0.25, -0.2) is 0 Å². The topological polar surface area (TPSA) is 47.9 Å². The summed E-state index contributed by atoms with van der Waals surface area (Å²) in [5.41, 5.74) is 0. The average Bonchev–Trinajstić information content (AvgIpc) is 3.05. The van der Waals surface area contributed by atoms with Crippen LogP contribution in [0.3, 0.4) is 0 Å². The SMILES string of the molecule is CCNC(=NCC(C)Cc1cccs1)N(C)CC(=O)N(CC)CC. The Hall–Kier alpha value is -1.56. The normalized spacial score (nSPS) is 12.8. The lowest BCUT2D eigenvalue weighted by Crippen LogP contribution is -2.45. The number of likely N-dealkylation sites (N-methyl/N-ethyl adjacent to an activating group) is 2. The van der Waals surface area contributed by atoms with Gasteiger partial charge in [0.2, 0.25) is 5.91 Å². The zero-order chi connectivity index (χ0) is 17.9. The molecule has 1 heterocycles. The molecule has 1 amide bonds. The molecule has 1 aromatic heterocycles. The number of carbonyl (C=O) groups excluding carboxylic acids is 1. The maximum absolute atomic E-state index is 12.3. The maximum Gasteiger partial charge on any atom is 0.242 e. The second-order valence-corrected chi connectivity index (χ2v) is 7.04. The predicted molar refractivity (Wildman–Crippen MR) is 104 cm³/mol. The van der Waals surface area contributed by atoms with Gasteiger partial charge in [0.15, 0.2) is 5.96 Å². The van der Waals surface area contributed by atoms with Crippen LogP contribution in [0.25, 0.3) is 0 Å². The fourth-order valence-corrected chi connectivity index (χ4v) is 3.37. The summed E-state index contributed by atoms with van der Waals surface area (Å²) in [6.07, 6.45) is 1.04. The summed E-state index contributed by atoms with van der Waals surface area (Å²) in [5.74, 6) is 1.42. The van der Waals surface area contributed by atoms with Gasteiger partial charge in [-0.15, -0.1) is 11.3 Å². The molecule has 0 aromatic carbocycles. The monoisotopic (exact) mass is 352 g/mol. The molecule has 0 aliphatic carbocycles. The smallest absolute Gasteiger partial charge is 0.242 e. The van der Waals surface area contributed by atoms with Gasteiger partial charge in [-0.3, -0.25) is 9.79 Å². The van der Waals surface area contributed by atoms with Gasteiger partial charge in [0.05, 0.1) is 6.54 Å². The van der Waals surface area contributed by atoms with Crippen molar-refractivity contribution in [1.82, 2.24) is 15.1 Å². The summed E-state index contributed by atoms with van der Waals surface area (Å²) in [7, 11) is 1.92. The van der Waals surface area contributed by atoms with Crippen molar-refractivity contribution in [3.63, 3.8) is 0 Å². The van der Waals surface area contributed by atoms with Crippen molar-refractivity contribution in [3.05, 3.63) is 22.4 Å². The molecule has 136 valence electrons. The number of hydrogen-bond donors (Lipinski definition) is 1. The number of hydrogen-bond acceptors (Lipinski definition) is 3. The molecule has 0 aliphatic heterocycles. The van der Waals surface area contributed by atoms with Crippen molar-refractivity contribution in [2.45, 2.75) is 34.1 Å². The van der Waals surface area contributed by atoms with Crippen molar-refractivity contribution in [2.24, 2.45) is 10.9 Å². The third-order valence-electron chi connectivity index (χ3n) is 3.87. The lowest BCUT2D eigenvalue weighted by molar-refractivity contribution is -0.131. The van der Waals surface area contributed by atoms with Crippen LogP contribution in [0.1, 0.15) is 32.6 Å². The molecule has 0 radical (unpaired) electrons. The Morgan fingerprint density at radius 1 is 1.33 bits per heavy atom. The third-order valence-corrected chi connectivity index (χ3v) is 4.77. The van der Waals surface area contributed by atoms with E-state index >= 15 is 0 Å². The zero-order valence-electron chi connectivity index (χ0n) is 15.7. The highest BCUT2D eigenvalue weighted by molar-refractivity contribution is 7.09. The Labute approximate surface area is 150 Å². The van der Waals surface area contributed by atoms with E-state index < -0.39 is 0 Å². The molecule has 1 unspecified atom stereocenters. The Balaban J connectivity index is 2.61. The number of thiophene rings is 1. The minimum Gasteiger partial charge on any atom is -0.357 e. The van der Waals surface area contributed by atoms with Crippen molar-refractivity contribution in [1.29, 1.82) is 0 Å². The van der Waals surface area contributed by atoms with Gasteiger partial charge < -0.3 is 15.1 Å². The molecule has 1 rings (SSSR count). The zero-order valence-corrected chi connectivity index (χ0v) is 16.5. The fourth-order valence-electron chi connectivity index (χ4n) is 2.50. The van der Waals surface area contributed by atoms with Gasteiger partial charge in [-0.05, 0) is 44.6 Å². The molecule has 1 atom stereocenters. The maximum atomic E-state index is 12.3. The first-order chi connectivity index (χ1) is 11.5. The van der Waals surface area contributed by atoms with E-state index in [-0.39, 0.29) is 5.91 Å². The molecule has 0 spiro atoms. The van der Waals surface area contributed by atoms with Gasteiger partial charge in [0.25, 0.3) is 0 Å². The van der Waals surface area contributed by atoms with Crippen LogP contribution in [0.5, 0.6) is 0 Å². The van der Waals surface area contributed by atoms with Crippen LogP contribution in [0.15, 0.2) is 22.5 Å². The van der Waals surface area contributed by atoms with E-state index in [1.807, 2.05) is 37.6 Å². The molecule has 24 heavy (non-hydrogen) atoms. The van der Waals surface area contributed by atoms with E-state index in [1.165, 1.54) is 4.88 Å². The van der Waals surface area contributed by atoms with Crippen LogP contribution in [-0.4, -0.2) is 61.4 Å². The van der Waals surface area contributed by atoms with Crippen LogP contribution >= 0.6 is 11.3 Å². The molecule has 0 fully saturated rings. The summed E-state index contributed by atoms with van der Waals surface area (Å²) in [6.45, 7) is 11.7. The Morgan fingerprint density at radius 3 is 2.58 bits per heavy atom. The first kappa shape index (κ1) is 20.5. The van der Waals surface area contributed by atoms with Crippen LogP contribution in [0.2, 0.25) is 0 Å². The summed E-state index contributed by atoms with van der Waals surface area (Å²) >= 11 is 1.79. The van der Waals surface area contributed by atoms with Crippen LogP contribution in [0, 0.1) is 5.92 Å². The summed E-state index contributed by atoms with van der Waals surface area (Å²) in [4.78, 5) is 22.2. The molecule has 0 bridgehead atoms. The van der Waals surface area contributed by atoms with Crippen LogP contribution in [-0.2, 0) is 11.2 Å². The van der Waals surface area contributed by atoms with Gasteiger partial charge in [-0.2, -0.15) is 0 Å². The van der Waals surface area contributed by atoms with Gasteiger partial charge in [-0.1, -0.05) is 13.0 Å². The Kier molecular flexibility index (Phi) is 9.45. The predicted octanol–water partition coefficient (Wildman–Crippen LogP) is 2.69. The van der Waals surface area contributed by atoms with Gasteiger partial charge in [0.1, 0.15) is 0 Å². The standard InChI is InChI=1S/C18H32N4OS/c1-6-19-18(21(5)14-17(23)22(7-2)8-3)20-13-15(4)12-16-10-9-11-24-16/h9-11,15H,6-8,12-14H2,1-5H3,(H,19,20). The fraction of sp³-hybridized carbons (Fsp3) is 0.667. The highest BCUT2D eigenvalue weighted by atomic mass is 32.1. The number of rotatable bonds is 9. The molecule has 1 aromatic rings. The first-order valence-corrected chi connectivity index (χ1v) is 9.69. The lowest BCUT2D eigenvalue weighted by atomic mass is 10.1. The van der Waals surface area contributed by atoms with E-state index in [0.29, 0.717) is 12.5 Å². The molecule has 6 heteroatoms. The highest BCUT2D eigenvalue weighted by Crippen LogP contribution is 2.14. The second kappa shape index (κ2) is 11.1. The Morgan fingerprint density at radius 2 is 2.04 bits per heavy atom. The van der Waals surface area contributed by atoms with Crippen molar-refractivity contribution in [3.8, 4) is 0 Å². The minimum atomic E-state index is 0.139. The Bertz CT molecular complexity index is 497. The largest absolute Gasteiger partial charge is 0.357 e. The number of aliphatic imine (C=N–C) groups is 1. The van der Waals surface area contributed by atoms with E-state index in [1.54, 1.807) is 11.3 Å². The van der Waals surface area contributed by atoms with E-state index in [4.69, 9.17) is 4.99 Å². The average molecular weight is 353 g/mol. The molecule has 0 saturated heterocycles. The van der Waals surface area contributed by atoms with E-state index in [2.05, 4.69) is 29.8 Å². The van der Waals surface area contributed by atoms with Crippen LogP contribution < -0.4 is 5.32 Å². The van der Waals surface area contributed by atoms with E-state index in [9.17, 15) is 4.79 Å². The van der Waals surface area contributed by atoms with Crippen LogP contribution in [0.4, 0.5) is 0 Å². The lowest BCUT2D eigenvalue weighted by Gasteiger charge is -2.26. The van der Waals surface area contributed by atoms with Gasteiger partial charge in [0, 0.05) is 38.1 Å². The van der Waals surface area contributed by atoms with E-state index in [0.717, 1.165) is 38.6 Å². The van der Waals surface area contributed by atoms with Crippen molar-refractivity contribution >= 4 is 23.2 Å². The third kappa shape index (κ3) is 6.91. The number of guanidine groups is 1. The van der Waals surface area contributed by atoms with Crippen molar-refractivity contribution < 1.29 is 4.79 Å². The highest BCUT2D eigenvalue weighted by Gasteiger charge is 2.15. The minimum absolute atomic E-state index is 0.139. The molecular weight excluding hydrogens is 320 g/mol. The van der Waals surface area contributed by atoms with Crippen molar-refractivity contribution in [2.75, 3.05) is 39.8 Å². The number of nitrogens with one attached hydrogen (secondary N) is 1. The summed E-state index contributed by atoms with van der Waals surface area (Å²) < 4.78 is 0. The number of amides is 1. The second-order valence-electron chi connectivity index (χ2n) is 6.01. The summed E-state index contributed by atoms with van der Waals surface area (Å²) in [6, 6.07) is 4.26. The first-order valence-electron chi connectivity index (χ1n) is 8.81. The molecular formula is C18H32N4OS. The molecule has 5 nitrogen and oxygen atoms in total. The summed E-state index contributed by atoms with van der Waals surface area (Å²) in [5, 5.41) is 5.40. The number of nitrogens with zero attached hydrogens (tertiary/aromatic N) is 3. The molecule has 1 N–H and O–H groups in total. The molecule has 0 aliphatic rings. The number of carbonyl (C=O) groups is 1. The quantitative estimate of drug-likeness (QED) is 0.549. The molecule has 0 saturated carbocycles.